The predicted octanol–water partition coefficient (Wildman–Crippen LogP) is 4.03. The van der Waals surface area contributed by atoms with Gasteiger partial charge in [-0.15, -0.1) is 0 Å². The molecule has 2 nitrogen and oxygen atoms in total. The summed E-state index contributed by atoms with van der Waals surface area (Å²) in [5, 5.41) is 3.69. The van der Waals surface area contributed by atoms with Crippen molar-refractivity contribution in [2.75, 3.05) is 13.2 Å². The van der Waals surface area contributed by atoms with Gasteiger partial charge in [0, 0.05) is 12.1 Å². The van der Waals surface area contributed by atoms with Gasteiger partial charge in [-0.3, -0.25) is 0 Å². The molecule has 0 aromatic heterocycles. The highest BCUT2D eigenvalue weighted by Crippen LogP contribution is 2.11. The number of unbranched alkanes of at least 4 members (excludes halogenated alkanes) is 3. The second kappa shape index (κ2) is 8.93. The molecule has 0 saturated carbocycles. The zero-order valence-electron chi connectivity index (χ0n) is 12.6. The highest BCUT2D eigenvalue weighted by Gasteiger charge is 2.18. The van der Waals surface area contributed by atoms with Gasteiger partial charge >= 0.3 is 0 Å². The van der Waals surface area contributed by atoms with Gasteiger partial charge in [0.05, 0.1) is 13.2 Å². The van der Waals surface area contributed by atoms with Crippen molar-refractivity contribution in [3.8, 4) is 0 Å². The normalized spacial score (nSPS) is 23.2. The van der Waals surface area contributed by atoms with E-state index in [4.69, 9.17) is 4.74 Å². The lowest BCUT2D eigenvalue weighted by molar-refractivity contribution is 0.0550. The molecule has 1 fully saturated rings. The van der Waals surface area contributed by atoms with E-state index in [9.17, 15) is 0 Å². The Morgan fingerprint density at radius 3 is 2.80 bits per heavy atom. The summed E-state index contributed by atoms with van der Waals surface area (Å²) in [5.41, 5.74) is 1.25. The molecule has 2 rings (SSSR count). The molecule has 0 unspecified atom stereocenters. The maximum atomic E-state index is 5.73. The zero-order valence-corrected chi connectivity index (χ0v) is 12.6. The van der Waals surface area contributed by atoms with Crippen molar-refractivity contribution in [2.45, 2.75) is 51.1 Å². The van der Waals surface area contributed by atoms with Gasteiger partial charge in [0.25, 0.3) is 0 Å². The summed E-state index contributed by atoms with van der Waals surface area (Å²) in [5.74, 6) is 0. The summed E-state index contributed by atoms with van der Waals surface area (Å²) >= 11 is 0. The Bertz CT molecular complexity index is 388. The fourth-order valence-corrected chi connectivity index (χ4v) is 2.62. The van der Waals surface area contributed by atoms with Gasteiger partial charge in [0.1, 0.15) is 0 Å². The molecular formula is C18H27NO. The SMILES string of the molecule is CCCCCC[C@H]1COC[C@@H](/C=C/c2ccccc2)N1. The Morgan fingerprint density at radius 1 is 1.15 bits per heavy atom. The molecule has 0 bridgehead atoms. The highest BCUT2D eigenvalue weighted by atomic mass is 16.5. The maximum absolute atomic E-state index is 5.73. The van der Waals surface area contributed by atoms with Crippen molar-refractivity contribution in [3.05, 3.63) is 42.0 Å². The van der Waals surface area contributed by atoms with E-state index in [2.05, 4.69) is 48.7 Å². The van der Waals surface area contributed by atoms with Crippen molar-refractivity contribution in [3.63, 3.8) is 0 Å². The summed E-state index contributed by atoms with van der Waals surface area (Å²) in [6, 6.07) is 11.3. The summed E-state index contributed by atoms with van der Waals surface area (Å²) in [4.78, 5) is 0. The number of hydrogen-bond donors (Lipinski definition) is 1. The van der Waals surface area contributed by atoms with Crippen LogP contribution in [-0.4, -0.2) is 25.3 Å². The molecule has 110 valence electrons. The van der Waals surface area contributed by atoms with Gasteiger partial charge in [0.15, 0.2) is 0 Å². The van der Waals surface area contributed by atoms with Crippen molar-refractivity contribution >= 4 is 6.08 Å². The molecule has 1 aliphatic heterocycles. The molecule has 1 N–H and O–H groups in total. The predicted molar refractivity (Wildman–Crippen MR) is 85.8 cm³/mol. The van der Waals surface area contributed by atoms with Crippen LogP contribution < -0.4 is 5.32 Å². The Balaban J connectivity index is 1.74. The first-order chi connectivity index (χ1) is 9.88. The third kappa shape index (κ3) is 5.48. The number of nitrogens with one attached hydrogen (secondary N) is 1. The first-order valence-corrected chi connectivity index (χ1v) is 7.95. The van der Waals surface area contributed by atoms with Crippen LogP contribution in [0.15, 0.2) is 36.4 Å². The van der Waals surface area contributed by atoms with Crippen LogP contribution in [-0.2, 0) is 4.74 Å². The lowest BCUT2D eigenvalue weighted by atomic mass is 10.1. The van der Waals surface area contributed by atoms with Gasteiger partial charge in [-0.2, -0.15) is 0 Å². The molecule has 1 saturated heterocycles. The van der Waals surface area contributed by atoms with E-state index in [1.54, 1.807) is 0 Å². The van der Waals surface area contributed by atoms with Crippen molar-refractivity contribution in [1.29, 1.82) is 0 Å². The maximum Gasteiger partial charge on any atom is 0.0656 e. The number of hydrogen-bond acceptors (Lipinski definition) is 2. The quantitative estimate of drug-likeness (QED) is 0.757. The smallest absolute Gasteiger partial charge is 0.0656 e. The average Bonchev–Trinajstić information content (AvgIpc) is 2.51. The molecule has 0 aliphatic carbocycles. The van der Waals surface area contributed by atoms with E-state index in [1.807, 2.05) is 6.07 Å². The summed E-state index contributed by atoms with van der Waals surface area (Å²) in [7, 11) is 0. The zero-order chi connectivity index (χ0) is 14.0. The van der Waals surface area contributed by atoms with Crippen molar-refractivity contribution in [2.24, 2.45) is 0 Å². The molecule has 20 heavy (non-hydrogen) atoms. The molecule has 2 heteroatoms. The molecule has 1 aliphatic rings. The van der Waals surface area contributed by atoms with Gasteiger partial charge in [-0.25, -0.2) is 0 Å². The van der Waals surface area contributed by atoms with E-state index < -0.39 is 0 Å². The van der Waals surface area contributed by atoms with Crippen molar-refractivity contribution in [1.82, 2.24) is 5.32 Å². The van der Waals surface area contributed by atoms with E-state index in [0.29, 0.717) is 12.1 Å². The third-order valence-corrected chi connectivity index (χ3v) is 3.79. The number of rotatable bonds is 7. The second-order valence-electron chi connectivity index (χ2n) is 5.63. The number of ether oxygens (including phenoxy) is 1. The van der Waals surface area contributed by atoms with Crippen LogP contribution in [0.3, 0.4) is 0 Å². The van der Waals surface area contributed by atoms with Crippen molar-refractivity contribution < 1.29 is 4.74 Å². The molecule has 1 heterocycles. The fraction of sp³-hybridized carbons (Fsp3) is 0.556. The Kier molecular flexibility index (Phi) is 6.82. The molecular weight excluding hydrogens is 246 g/mol. The Labute approximate surface area is 123 Å². The third-order valence-electron chi connectivity index (χ3n) is 3.79. The van der Waals surface area contributed by atoms with Crippen LogP contribution in [0.1, 0.15) is 44.6 Å². The molecule has 2 atom stereocenters. The minimum atomic E-state index is 0.347. The van der Waals surface area contributed by atoms with Gasteiger partial charge in [-0.1, -0.05) is 75.1 Å². The first-order valence-electron chi connectivity index (χ1n) is 7.95. The minimum Gasteiger partial charge on any atom is -0.378 e. The van der Waals surface area contributed by atoms with Crippen LogP contribution in [0.5, 0.6) is 0 Å². The largest absolute Gasteiger partial charge is 0.378 e. The number of benzene rings is 1. The monoisotopic (exact) mass is 273 g/mol. The lowest BCUT2D eigenvalue weighted by Gasteiger charge is -2.29. The fourth-order valence-electron chi connectivity index (χ4n) is 2.62. The lowest BCUT2D eigenvalue weighted by Crippen LogP contribution is -2.47. The molecule has 1 aromatic carbocycles. The van der Waals surface area contributed by atoms with E-state index in [1.165, 1.54) is 37.7 Å². The minimum absolute atomic E-state index is 0.347. The standard InChI is InChI=1S/C18H27NO/c1-2-3-4-8-11-17-14-20-15-18(19-17)13-12-16-9-6-5-7-10-16/h5-7,9-10,12-13,17-19H,2-4,8,11,14-15H2,1H3/b13-12+/t17-,18+/m0/s1. The van der Waals surface area contributed by atoms with Gasteiger partial charge in [0.2, 0.25) is 0 Å². The summed E-state index contributed by atoms with van der Waals surface area (Å²) in [6.45, 7) is 3.91. The second-order valence-corrected chi connectivity index (χ2v) is 5.63. The molecule has 0 spiro atoms. The van der Waals surface area contributed by atoms with E-state index in [-0.39, 0.29) is 0 Å². The first kappa shape index (κ1) is 15.3. The Morgan fingerprint density at radius 2 is 2.00 bits per heavy atom. The van der Waals surface area contributed by atoms with Crippen LogP contribution >= 0.6 is 0 Å². The van der Waals surface area contributed by atoms with Crippen LogP contribution in [0.2, 0.25) is 0 Å². The topological polar surface area (TPSA) is 21.3 Å². The van der Waals surface area contributed by atoms with E-state index >= 15 is 0 Å². The summed E-state index contributed by atoms with van der Waals surface area (Å²) < 4.78 is 5.73. The molecule has 0 radical (unpaired) electrons. The molecule has 1 aromatic rings. The summed E-state index contributed by atoms with van der Waals surface area (Å²) in [6.07, 6.45) is 11.0. The van der Waals surface area contributed by atoms with Gasteiger partial charge < -0.3 is 10.1 Å². The molecule has 0 amide bonds. The Hall–Kier alpha value is -1.12. The van der Waals surface area contributed by atoms with Crippen LogP contribution in [0.4, 0.5) is 0 Å². The van der Waals surface area contributed by atoms with E-state index in [0.717, 1.165) is 13.2 Å². The highest BCUT2D eigenvalue weighted by molar-refractivity contribution is 5.49. The van der Waals surface area contributed by atoms with Crippen LogP contribution in [0, 0.1) is 0 Å². The van der Waals surface area contributed by atoms with Gasteiger partial charge in [-0.05, 0) is 12.0 Å². The van der Waals surface area contributed by atoms with Crippen LogP contribution in [0.25, 0.3) is 6.08 Å². The average molecular weight is 273 g/mol. The number of morpholine rings is 1.